The van der Waals surface area contributed by atoms with Gasteiger partial charge in [-0.1, -0.05) is 35.9 Å². The average molecular weight is 364 g/mol. The van der Waals surface area contributed by atoms with Gasteiger partial charge in [-0.15, -0.1) is 10.2 Å². The molecule has 0 radical (unpaired) electrons. The molecule has 26 heavy (non-hydrogen) atoms. The molecule has 4 aromatic rings. The molecule has 128 valence electrons. The molecule has 4 rings (SSSR count). The summed E-state index contributed by atoms with van der Waals surface area (Å²) >= 11 is 5.85. The third-order valence-corrected chi connectivity index (χ3v) is 4.16. The van der Waals surface area contributed by atoms with Crippen LogP contribution in [0.1, 0.15) is 5.56 Å². The second kappa shape index (κ2) is 6.93. The van der Waals surface area contributed by atoms with Crippen LogP contribution in [0.2, 0.25) is 5.02 Å². The number of nitrogens with zero attached hydrogens (tertiary/aromatic N) is 4. The number of fused-ring (bicyclic) bond motifs is 1. The van der Waals surface area contributed by atoms with Gasteiger partial charge in [0.05, 0.1) is 12.1 Å². The molecule has 1 amide bonds. The van der Waals surface area contributed by atoms with Crippen molar-refractivity contribution in [3.63, 3.8) is 0 Å². The fourth-order valence-corrected chi connectivity index (χ4v) is 2.73. The minimum absolute atomic E-state index is 0.0795. The maximum atomic E-state index is 12.2. The molecule has 0 aliphatic heterocycles. The molecule has 1 N–H and O–H groups in total. The van der Waals surface area contributed by atoms with Gasteiger partial charge in [0, 0.05) is 16.3 Å². The van der Waals surface area contributed by atoms with Gasteiger partial charge in [0.25, 0.3) is 0 Å². The quantitative estimate of drug-likeness (QED) is 0.601. The monoisotopic (exact) mass is 363 g/mol. The number of hydrogen-bond acceptors (Lipinski definition) is 4. The lowest BCUT2D eigenvalue weighted by atomic mass is 10.1. The zero-order valence-electron chi connectivity index (χ0n) is 13.6. The average Bonchev–Trinajstić information content (AvgIpc) is 3.12. The Bertz CT molecular complexity index is 1060. The number of halogens is 1. The summed E-state index contributed by atoms with van der Waals surface area (Å²) < 4.78 is 1.62. The van der Waals surface area contributed by atoms with Crippen LogP contribution in [0, 0.1) is 0 Å². The molecule has 0 bridgehead atoms. The first-order valence-electron chi connectivity index (χ1n) is 7.99. The van der Waals surface area contributed by atoms with E-state index in [0.29, 0.717) is 17.1 Å². The number of rotatable bonds is 4. The van der Waals surface area contributed by atoms with Crippen molar-refractivity contribution in [2.45, 2.75) is 6.42 Å². The molecule has 0 aliphatic rings. The summed E-state index contributed by atoms with van der Waals surface area (Å²) in [7, 11) is 0. The van der Waals surface area contributed by atoms with Crippen molar-refractivity contribution in [1.82, 2.24) is 19.8 Å². The summed E-state index contributed by atoms with van der Waals surface area (Å²) in [6.45, 7) is 0. The molecular weight excluding hydrogens is 350 g/mol. The second-order valence-electron chi connectivity index (χ2n) is 5.78. The summed E-state index contributed by atoms with van der Waals surface area (Å²) in [5.41, 5.74) is 4.08. The van der Waals surface area contributed by atoms with E-state index >= 15 is 0 Å². The van der Waals surface area contributed by atoms with Crippen molar-refractivity contribution in [2.24, 2.45) is 0 Å². The highest BCUT2D eigenvalue weighted by Gasteiger charge is 2.06. The lowest BCUT2D eigenvalue weighted by molar-refractivity contribution is -0.115. The van der Waals surface area contributed by atoms with Gasteiger partial charge in [0.2, 0.25) is 5.91 Å². The zero-order chi connectivity index (χ0) is 17.9. The van der Waals surface area contributed by atoms with Crippen molar-refractivity contribution in [2.75, 3.05) is 5.32 Å². The molecule has 0 atom stereocenters. The van der Waals surface area contributed by atoms with Gasteiger partial charge in [-0.3, -0.25) is 4.79 Å². The molecule has 2 heterocycles. The molecule has 0 unspecified atom stereocenters. The van der Waals surface area contributed by atoms with Crippen molar-refractivity contribution in [1.29, 1.82) is 0 Å². The number of nitrogens with one attached hydrogen (secondary N) is 1. The van der Waals surface area contributed by atoms with E-state index in [-0.39, 0.29) is 5.91 Å². The highest BCUT2D eigenvalue weighted by atomic mass is 35.5. The number of anilines is 1. The topological polar surface area (TPSA) is 72.2 Å². The normalized spacial score (nSPS) is 10.8. The van der Waals surface area contributed by atoms with E-state index < -0.39 is 0 Å². The maximum Gasteiger partial charge on any atom is 0.228 e. The summed E-state index contributed by atoms with van der Waals surface area (Å²) in [5, 5.41) is 15.8. The molecule has 0 saturated carbocycles. The van der Waals surface area contributed by atoms with E-state index in [0.717, 1.165) is 22.5 Å². The fourth-order valence-electron chi connectivity index (χ4n) is 2.60. The van der Waals surface area contributed by atoms with Gasteiger partial charge >= 0.3 is 0 Å². The van der Waals surface area contributed by atoms with Crippen LogP contribution in [0.15, 0.2) is 67.0 Å². The first-order valence-corrected chi connectivity index (χ1v) is 8.37. The van der Waals surface area contributed by atoms with Gasteiger partial charge in [-0.05, 0) is 42.0 Å². The Morgan fingerprint density at radius 3 is 2.54 bits per heavy atom. The highest BCUT2D eigenvalue weighted by molar-refractivity contribution is 6.30. The molecule has 6 nitrogen and oxygen atoms in total. The fraction of sp³-hybridized carbons (Fsp3) is 0.0526. The highest BCUT2D eigenvalue weighted by Crippen LogP contribution is 2.20. The molecule has 0 fully saturated rings. The zero-order valence-corrected chi connectivity index (χ0v) is 14.4. The van der Waals surface area contributed by atoms with Gasteiger partial charge in [0.1, 0.15) is 6.33 Å². The van der Waals surface area contributed by atoms with E-state index in [9.17, 15) is 4.79 Å². The lowest BCUT2D eigenvalue weighted by Gasteiger charge is -2.07. The smallest absolute Gasteiger partial charge is 0.228 e. The molecule has 0 saturated heterocycles. The Labute approximate surface area is 154 Å². The van der Waals surface area contributed by atoms with Crippen LogP contribution in [0.5, 0.6) is 0 Å². The summed E-state index contributed by atoms with van der Waals surface area (Å²) in [6.07, 6.45) is 1.86. The van der Waals surface area contributed by atoms with Crippen LogP contribution in [-0.2, 0) is 11.2 Å². The van der Waals surface area contributed by atoms with E-state index in [1.165, 1.54) is 0 Å². The maximum absolute atomic E-state index is 12.2. The summed E-state index contributed by atoms with van der Waals surface area (Å²) in [4.78, 5) is 12.2. The Morgan fingerprint density at radius 1 is 1.00 bits per heavy atom. The van der Waals surface area contributed by atoms with Crippen molar-refractivity contribution in [3.05, 3.63) is 77.6 Å². The number of aromatic nitrogens is 4. The number of hydrogen-bond donors (Lipinski definition) is 1. The molecular formula is C19H14ClN5O. The predicted octanol–water partition coefficient (Wildman–Crippen LogP) is 3.63. The Kier molecular flexibility index (Phi) is 4.33. The number of benzene rings is 2. The Morgan fingerprint density at radius 2 is 1.77 bits per heavy atom. The SMILES string of the molecule is O=C(Cc1ccc(Cl)cc1)Nc1ccc(-c2ccc3nncn3n2)cc1. The van der Waals surface area contributed by atoms with E-state index in [1.54, 1.807) is 23.0 Å². The largest absolute Gasteiger partial charge is 0.326 e. The third kappa shape index (κ3) is 3.55. The molecule has 0 aliphatic carbocycles. The van der Waals surface area contributed by atoms with E-state index in [1.807, 2.05) is 48.5 Å². The minimum atomic E-state index is -0.0795. The summed E-state index contributed by atoms with van der Waals surface area (Å²) in [5.74, 6) is -0.0795. The predicted molar refractivity (Wildman–Crippen MR) is 100 cm³/mol. The first kappa shape index (κ1) is 16.2. The van der Waals surface area contributed by atoms with Gasteiger partial charge in [-0.25, -0.2) is 0 Å². The lowest BCUT2D eigenvalue weighted by Crippen LogP contribution is -2.14. The van der Waals surface area contributed by atoms with Gasteiger partial charge in [0.15, 0.2) is 5.65 Å². The number of carbonyl (C=O) groups is 1. The molecule has 2 aromatic carbocycles. The summed E-state index contributed by atoms with van der Waals surface area (Å²) in [6, 6.07) is 18.5. The van der Waals surface area contributed by atoms with E-state index in [2.05, 4.69) is 20.6 Å². The Hall–Kier alpha value is -3.25. The van der Waals surface area contributed by atoms with E-state index in [4.69, 9.17) is 11.6 Å². The van der Waals surface area contributed by atoms with Crippen molar-refractivity contribution < 1.29 is 4.79 Å². The standard InChI is InChI=1S/C19H14ClN5O/c20-15-5-1-13(2-6-15)11-19(26)22-16-7-3-14(4-8-16)17-9-10-18-23-21-12-25(18)24-17/h1-10,12H,11H2,(H,22,26). The van der Waals surface area contributed by atoms with Crippen LogP contribution < -0.4 is 5.32 Å². The first-order chi connectivity index (χ1) is 12.7. The molecule has 0 spiro atoms. The van der Waals surface area contributed by atoms with Crippen LogP contribution in [0.3, 0.4) is 0 Å². The minimum Gasteiger partial charge on any atom is -0.326 e. The van der Waals surface area contributed by atoms with Crippen molar-refractivity contribution in [3.8, 4) is 11.3 Å². The second-order valence-corrected chi connectivity index (χ2v) is 6.22. The number of amides is 1. The number of carbonyl (C=O) groups excluding carboxylic acids is 1. The van der Waals surface area contributed by atoms with Gasteiger partial charge in [-0.2, -0.15) is 9.61 Å². The van der Waals surface area contributed by atoms with Crippen LogP contribution in [0.25, 0.3) is 16.9 Å². The van der Waals surface area contributed by atoms with Crippen LogP contribution in [-0.4, -0.2) is 25.7 Å². The van der Waals surface area contributed by atoms with Crippen molar-refractivity contribution >= 4 is 28.8 Å². The third-order valence-electron chi connectivity index (χ3n) is 3.90. The van der Waals surface area contributed by atoms with Gasteiger partial charge < -0.3 is 5.32 Å². The van der Waals surface area contributed by atoms with Crippen LogP contribution >= 0.6 is 11.6 Å². The van der Waals surface area contributed by atoms with Crippen LogP contribution in [0.4, 0.5) is 5.69 Å². The molecule has 2 aromatic heterocycles. The Balaban J connectivity index is 1.45. The molecule has 7 heteroatoms.